The molecule has 2 aromatic carbocycles. The minimum Gasteiger partial charge on any atom is -0.370 e. The minimum atomic E-state index is -0.858. The Morgan fingerprint density at radius 1 is 1.15 bits per heavy atom. The summed E-state index contributed by atoms with van der Waals surface area (Å²) in [6.07, 6.45) is 5.32. The molecule has 3 N–H and O–H groups in total. The predicted octanol–water partition coefficient (Wildman–Crippen LogP) is 2.61. The first-order valence-corrected chi connectivity index (χ1v) is 11.3. The van der Waals surface area contributed by atoms with E-state index < -0.39 is 5.54 Å². The average Bonchev–Trinajstić information content (AvgIpc) is 3.54. The van der Waals surface area contributed by atoms with Crippen LogP contribution in [-0.2, 0) is 10.3 Å². The lowest BCUT2D eigenvalue weighted by Gasteiger charge is -2.43. The lowest BCUT2D eigenvalue weighted by Crippen LogP contribution is -2.53. The highest BCUT2D eigenvalue weighted by atomic mass is 16.1. The summed E-state index contributed by atoms with van der Waals surface area (Å²) >= 11 is 0. The van der Waals surface area contributed by atoms with E-state index >= 15 is 0 Å². The van der Waals surface area contributed by atoms with Gasteiger partial charge < -0.3 is 15.5 Å². The Bertz CT molecular complexity index is 1150. The molecule has 3 aromatic rings. The molecular weight excluding hydrogens is 414 g/mol. The number of H-pyrrole nitrogens is 1. The number of ketones is 1. The number of nitrogens with two attached hydrogens (primary N) is 1. The topological polar surface area (TPSA) is 95.3 Å². The van der Waals surface area contributed by atoms with E-state index in [9.17, 15) is 9.59 Å². The largest absolute Gasteiger partial charge is 0.370 e. The number of Topliss-reactive ketones (excluding diaryl/α,β-unsaturated/α-hetero) is 1. The number of nitrogens with one attached hydrogen (secondary N) is 1. The van der Waals surface area contributed by atoms with Crippen molar-refractivity contribution < 1.29 is 9.59 Å². The van der Waals surface area contributed by atoms with Gasteiger partial charge in [-0.05, 0) is 36.2 Å². The molecule has 1 aromatic heterocycles. The van der Waals surface area contributed by atoms with Gasteiger partial charge in [0.05, 0.1) is 11.8 Å². The van der Waals surface area contributed by atoms with Crippen LogP contribution in [0.2, 0.25) is 0 Å². The fourth-order valence-electron chi connectivity index (χ4n) is 5.75. The van der Waals surface area contributed by atoms with Crippen LogP contribution in [0.5, 0.6) is 0 Å². The normalized spacial score (nSPS) is 24.7. The number of anilines is 1. The fraction of sp³-hybridized carbons (Fsp3) is 0.308. The molecule has 7 nitrogen and oxygen atoms in total. The SMILES string of the molecule is CN1CC2CN(c3cccc([CH]CC(N)=O)c3)[C@](C(=O)c3cn[nH]c3)(c3ccccc3)C2C1. The number of benzene rings is 2. The molecule has 0 aliphatic carbocycles. The summed E-state index contributed by atoms with van der Waals surface area (Å²) in [4.78, 5) is 30.3. The van der Waals surface area contributed by atoms with Gasteiger partial charge in [-0.1, -0.05) is 42.5 Å². The molecule has 3 atom stereocenters. The quantitative estimate of drug-likeness (QED) is 0.549. The first-order chi connectivity index (χ1) is 16.0. The van der Waals surface area contributed by atoms with Crippen LogP contribution in [0.4, 0.5) is 5.69 Å². The van der Waals surface area contributed by atoms with E-state index in [1.165, 1.54) is 0 Å². The highest BCUT2D eigenvalue weighted by Crippen LogP contribution is 2.52. The number of carbonyl (C=O) groups excluding carboxylic acids is 2. The molecule has 33 heavy (non-hydrogen) atoms. The Kier molecular flexibility index (Phi) is 5.50. The molecule has 0 bridgehead atoms. The molecule has 2 saturated heterocycles. The maximum Gasteiger partial charge on any atom is 0.218 e. The van der Waals surface area contributed by atoms with Crippen LogP contribution in [-0.4, -0.2) is 53.5 Å². The number of carbonyl (C=O) groups is 2. The summed E-state index contributed by atoms with van der Waals surface area (Å²) in [5, 5.41) is 6.88. The van der Waals surface area contributed by atoms with Crippen LogP contribution in [0.1, 0.15) is 27.9 Å². The summed E-state index contributed by atoms with van der Waals surface area (Å²) in [5.41, 5.74) is 7.94. The molecule has 2 unspecified atom stereocenters. The van der Waals surface area contributed by atoms with Gasteiger partial charge in [-0.2, -0.15) is 5.10 Å². The first-order valence-electron chi connectivity index (χ1n) is 11.3. The first kappa shape index (κ1) is 21.4. The van der Waals surface area contributed by atoms with Gasteiger partial charge in [-0.3, -0.25) is 14.7 Å². The second-order valence-electron chi connectivity index (χ2n) is 9.12. The van der Waals surface area contributed by atoms with Crippen molar-refractivity contribution in [1.82, 2.24) is 15.1 Å². The number of hydrogen-bond acceptors (Lipinski definition) is 5. The number of amides is 1. The Hall–Kier alpha value is -3.45. The number of aromatic nitrogens is 2. The van der Waals surface area contributed by atoms with E-state index in [0.29, 0.717) is 11.5 Å². The maximum absolute atomic E-state index is 14.4. The Labute approximate surface area is 193 Å². The van der Waals surface area contributed by atoms with Gasteiger partial charge >= 0.3 is 0 Å². The molecule has 7 heteroatoms. The van der Waals surface area contributed by atoms with Gasteiger partial charge in [0, 0.05) is 50.3 Å². The number of fused-ring (bicyclic) bond motifs is 1. The molecule has 2 fully saturated rings. The third-order valence-corrected chi connectivity index (χ3v) is 7.04. The van der Waals surface area contributed by atoms with Crippen molar-refractivity contribution in [3.8, 4) is 0 Å². The van der Waals surface area contributed by atoms with Crippen LogP contribution in [0.25, 0.3) is 0 Å². The van der Waals surface area contributed by atoms with E-state index in [1.807, 2.05) is 48.9 Å². The average molecular weight is 443 g/mol. The van der Waals surface area contributed by atoms with Gasteiger partial charge in [0.25, 0.3) is 0 Å². The molecular formula is C26H28N5O2. The van der Waals surface area contributed by atoms with Crippen LogP contribution in [0.15, 0.2) is 67.0 Å². The Morgan fingerprint density at radius 3 is 2.70 bits per heavy atom. The summed E-state index contributed by atoms with van der Waals surface area (Å²) in [7, 11) is 2.13. The van der Waals surface area contributed by atoms with Crippen molar-refractivity contribution in [2.45, 2.75) is 12.0 Å². The van der Waals surface area contributed by atoms with Gasteiger partial charge in [0.15, 0.2) is 5.78 Å². The third kappa shape index (κ3) is 3.62. The number of primary amides is 1. The van der Waals surface area contributed by atoms with E-state index in [2.05, 4.69) is 39.2 Å². The molecule has 2 aliphatic rings. The molecule has 169 valence electrons. The van der Waals surface area contributed by atoms with Crippen molar-refractivity contribution in [2.24, 2.45) is 17.6 Å². The summed E-state index contributed by atoms with van der Waals surface area (Å²) < 4.78 is 0. The van der Waals surface area contributed by atoms with Crippen molar-refractivity contribution in [2.75, 3.05) is 31.6 Å². The number of likely N-dealkylation sites (tertiary alicyclic amines) is 1. The number of hydrogen-bond donors (Lipinski definition) is 2. The molecule has 1 amide bonds. The number of nitrogens with zero attached hydrogens (tertiary/aromatic N) is 3. The fourth-order valence-corrected chi connectivity index (χ4v) is 5.75. The number of aromatic amines is 1. The van der Waals surface area contributed by atoms with E-state index in [-0.39, 0.29) is 24.0 Å². The zero-order chi connectivity index (χ0) is 23.0. The lowest BCUT2D eigenvalue weighted by atomic mass is 9.72. The van der Waals surface area contributed by atoms with Crippen LogP contribution >= 0.6 is 0 Å². The van der Waals surface area contributed by atoms with Crippen molar-refractivity contribution >= 4 is 17.4 Å². The van der Waals surface area contributed by atoms with Gasteiger partial charge in [0.1, 0.15) is 5.54 Å². The molecule has 0 saturated carbocycles. The zero-order valence-electron chi connectivity index (χ0n) is 18.6. The van der Waals surface area contributed by atoms with E-state index in [4.69, 9.17) is 5.73 Å². The van der Waals surface area contributed by atoms with Gasteiger partial charge in [0.2, 0.25) is 5.91 Å². The standard InChI is InChI=1S/C26H28N5O2/c1-30-15-20-16-31(22-9-5-6-18(12-22)10-11-24(27)32)26(23(20)17-30,21-7-3-2-4-8-21)25(33)19-13-28-29-14-19/h2-10,12-14,20,23H,11,15-17H2,1H3,(H2,27,32)(H,28,29)/t20?,23?,26-/m1/s1. The van der Waals surface area contributed by atoms with Crippen molar-refractivity contribution in [3.05, 3.63) is 90.1 Å². The second kappa shape index (κ2) is 8.48. The molecule has 3 heterocycles. The zero-order valence-corrected chi connectivity index (χ0v) is 18.6. The Morgan fingerprint density at radius 2 is 1.97 bits per heavy atom. The van der Waals surface area contributed by atoms with Crippen LogP contribution in [0, 0.1) is 18.3 Å². The van der Waals surface area contributed by atoms with Crippen molar-refractivity contribution in [1.29, 1.82) is 0 Å². The monoisotopic (exact) mass is 442 g/mol. The summed E-state index contributed by atoms with van der Waals surface area (Å²) in [5.74, 6) is 0.166. The highest BCUT2D eigenvalue weighted by molar-refractivity contribution is 6.06. The lowest BCUT2D eigenvalue weighted by molar-refractivity contribution is -0.117. The van der Waals surface area contributed by atoms with Crippen molar-refractivity contribution in [3.63, 3.8) is 0 Å². The van der Waals surface area contributed by atoms with Crippen LogP contribution in [0.3, 0.4) is 0 Å². The van der Waals surface area contributed by atoms with Gasteiger partial charge in [-0.25, -0.2) is 0 Å². The number of rotatable bonds is 7. The molecule has 2 aliphatic heterocycles. The minimum absolute atomic E-state index is 0.0526. The van der Waals surface area contributed by atoms with E-state index in [0.717, 1.165) is 36.4 Å². The molecule has 0 spiro atoms. The highest BCUT2D eigenvalue weighted by Gasteiger charge is 2.61. The van der Waals surface area contributed by atoms with E-state index in [1.54, 1.807) is 12.4 Å². The summed E-state index contributed by atoms with van der Waals surface area (Å²) in [6.45, 7) is 2.56. The van der Waals surface area contributed by atoms with Gasteiger partial charge in [-0.15, -0.1) is 0 Å². The Balaban J connectivity index is 1.67. The predicted molar refractivity (Wildman–Crippen MR) is 127 cm³/mol. The maximum atomic E-state index is 14.4. The third-order valence-electron chi connectivity index (χ3n) is 7.04. The smallest absolute Gasteiger partial charge is 0.218 e. The summed E-state index contributed by atoms with van der Waals surface area (Å²) in [6, 6.07) is 18.1. The van der Waals surface area contributed by atoms with Crippen LogP contribution < -0.4 is 10.6 Å². The molecule has 5 rings (SSSR count). The second-order valence-corrected chi connectivity index (χ2v) is 9.12. The molecule has 1 radical (unpaired) electrons.